The van der Waals surface area contributed by atoms with Gasteiger partial charge in [0, 0.05) is 13.0 Å². The van der Waals surface area contributed by atoms with Gasteiger partial charge in [-0.15, -0.1) is 0 Å². The molecule has 0 amide bonds. The van der Waals surface area contributed by atoms with Crippen molar-refractivity contribution in [2.24, 2.45) is 5.92 Å². The van der Waals surface area contributed by atoms with Crippen LogP contribution in [0.3, 0.4) is 0 Å². The molecule has 2 heteroatoms. The smallest absolute Gasteiger partial charge is 0.0785 e. The van der Waals surface area contributed by atoms with E-state index in [1.165, 1.54) is 25.7 Å². The molecule has 0 aliphatic heterocycles. The van der Waals surface area contributed by atoms with Gasteiger partial charge in [0.1, 0.15) is 0 Å². The molecule has 57 valence electrons. The Bertz CT molecular complexity index is 116. The molecule has 1 nitrogen and oxygen atoms in total. The number of nitrogens with one attached hydrogen (secondary N) is 1. The fraction of sp³-hybridized carbons (Fsp3) is 0.750. The zero-order chi connectivity index (χ0) is 7.40. The maximum absolute atomic E-state index is 5.13. The molecule has 0 aromatic carbocycles. The fourth-order valence-corrected chi connectivity index (χ4v) is 1.58. The van der Waals surface area contributed by atoms with Gasteiger partial charge in [-0.1, -0.05) is 25.1 Å². The van der Waals surface area contributed by atoms with Crippen LogP contribution >= 0.6 is 12.2 Å². The molecule has 1 fully saturated rings. The van der Waals surface area contributed by atoms with Crippen molar-refractivity contribution >= 4 is 17.2 Å². The molecule has 0 saturated heterocycles. The van der Waals surface area contributed by atoms with Crippen molar-refractivity contribution in [3.05, 3.63) is 6.42 Å². The van der Waals surface area contributed by atoms with E-state index in [-0.39, 0.29) is 0 Å². The van der Waals surface area contributed by atoms with E-state index in [9.17, 15) is 0 Å². The first-order chi connectivity index (χ1) is 4.84. The summed E-state index contributed by atoms with van der Waals surface area (Å²) in [6, 6.07) is 0. The summed E-state index contributed by atoms with van der Waals surface area (Å²) in [4.78, 5) is 1.01. The Hall–Kier alpha value is -0.110. The van der Waals surface area contributed by atoms with Gasteiger partial charge in [-0.3, -0.25) is 0 Å². The highest BCUT2D eigenvalue weighted by Crippen LogP contribution is 2.22. The second-order valence-electron chi connectivity index (χ2n) is 2.74. The maximum atomic E-state index is 5.13. The van der Waals surface area contributed by atoms with Crippen LogP contribution in [-0.4, -0.2) is 12.0 Å². The topological polar surface area (TPSA) is 12.0 Å². The molecule has 1 aliphatic rings. The summed E-state index contributed by atoms with van der Waals surface area (Å²) >= 11 is 5.13. The van der Waals surface area contributed by atoms with Gasteiger partial charge < -0.3 is 5.32 Å². The fourth-order valence-electron chi connectivity index (χ4n) is 1.37. The predicted octanol–water partition coefficient (Wildman–Crippen LogP) is 1.93. The molecule has 0 unspecified atom stereocenters. The highest BCUT2D eigenvalue weighted by Gasteiger charge is 2.16. The molecule has 1 saturated carbocycles. The van der Waals surface area contributed by atoms with Crippen LogP contribution in [0.2, 0.25) is 0 Å². The number of hydrogen-bond donors (Lipinski definition) is 1. The van der Waals surface area contributed by atoms with E-state index in [2.05, 4.69) is 11.7 Å². The largest absolute Gasteiger partial charge is 0.382 e. The first-order valence-electron chi connectivity index (χ1n) is 3.89. The lowest BCUT2D eigenvalue weighted by Crippen LogP contribution is -2.27. The van der Waals surface area contributed by atoms with Crippen molar-refractivity contribution in [2.75, 3.05) is 7.05 Å². The van der Waals surface area contributed by atoms with Gasteiger partial charge in [0.25, 0.3) is 0 Å². The van der Waals surface area contributed by atoms with Gasteiger partial charge in [0.05, 0.1) is 4.99 Å². The summed E-state index contributed by atoms with van der Waals surface area (Å²) in [6.07, 6.45) is 7.51. The van der Waals surface area contributed by atoms with Crippen molar-refractivity contribution in [3.8, 4) is 0 Å². The summed E-state index contributed by atoms with van der Waals surface area (Å²) in [5.41, 5.74) is 0. The van der Waals surface area contributed by atoms with E-state index in [1.54, 1.807) is 0 Å². The lowest BCUT2D eigenvalue weighted by molar-refractivity contribution is 0.529. The van der Waals surface area contributed by atoms with Crippen LogP contribution in [-0.2, 0) is 0 Å². The van der Waals surface area contributed by atoms with Gasteiger partial charge in [-0.2, -0.15) is 0 Å². The predicted molar refractivity (Wildman–Crippen MR) is 47.9 cm³/mol. The SMILES string of the molecule is CNC(=S)[C@H]1[CH]CCCC1. The van der Waals surface area contributed by atoms with E-state index >= 15 is 0 Å². The monoisotopic (exact) mass is 156 g/mol. The van der Waals surface area contributed by atoms with Crippen molar-refractivity contribution in [3.63, 3.8) is 0 Å². The Morgan fingerprint density at radius 3 is 2.90 bits per heavy atom. The van der Waals surface area contributed by atoms with E-state index in [4.69, 9.17) is 12.2 Å². The third-order valence-corrected chi connectivity index (χ3v) is 2.51. The summed E-state index contributed by atoms with van der Waals surface area (Å²) in [5.74, 6) is 0.564. The molecule has 0 bridgehead atoms. The molecule has 1 atom stereocenters. The Kier molecular flexibility index (Phi) is 3.13. The number of rotatable bonds is 1. The van der Waals surface area contributed by atoms with Crippen molar-refractivity contribution in [1.82, 2.24) is 5.32 Å². The van der Waals surface area contributed by atoms with Crippen molar-refractivity contribution in [2.45, 2.75) is 25.7 Å². The lowest BCUT2D eigenvalue weighted by atomic mass is 9.89. The molecule has 0 spiro atoms. The van der Waals surface area contributed by atoms with Crippen LogP contribution in [0.15, 0.2) is 0 Å². The van der Waals surface area contributed by atoms with Crippen LogP contribution < -0.4 is 5.32 Å². The molecule has 0 heterocycles. The molecule has 0 aromatic heterocycles. The normalized spacial score (nSPS) is 20.5. The highest BCUT2D eigenvalue weighted by molar-refractivity contribution is 7.80. The Labute approximate surface area is 68.2 Å². The quantitative estimate of drug-likeness (QED) is 0.582. The van der Waals surface area contributed by atoms with Crippen LogP contribution in [0.4, 0.5) is 0 Å². The minimum absolute atomic E-state index is 0.564. The Morgan fingerprint density at radius 2 is 2.40 bits per heavy atom. The second kappa shape index (κ2) is 3.91. The summed E-state index contributed by atoms with van der Waals surface area (Å²) < 4.78 is 0. The summed E-state index contributed by atoms with van der Waals surface area (Å²) in [6.45, 7) is 0. The molecule has 10 heavy (non-hydrogen) atoms. The number of hydrogen-bond acceptors (Lipinski definition) is 1. The second-order valence-corrected chi connectivity index (χ2v) is 3.18. The Morgan fingerprint density at radius 1 is 1.60 bits per heavy atom. The van der Waals surface area contributed by atoms with Crippen LogP contribution in [0.5, 0.6) is 0 Å². The van der Waals surface area contributed by atoms with E-state index in [0.29, 0.717) is 5.92 Å². The van der Waals surface area contributed by atoms with Gasteiger partial charge in [0.15, 0.2) is 0 Å². The van der Waals surface area contributed by atoms with Crippen LogP contribution in [0.1, 0.15) is 25.7 Å². The zero-order valence-electron chi connectivity index (χ0n) is 6.39. The summed E-state index contributed by atoms with van der Waals surface area (Å²) in [5, 5.41) is 3.03. The Balaban J connectivity index is 2.31. The van der Waals surface area contributed by atoms with Crippen LogP contribution in [0, 0.1) is 12.3 Å². The zero-order valence-corrected chi connectivity index (χ0v) is 7.21. The van der Waals surface area contributed by atoms with Gasteiger partial charge >= 0.3 is 0 Å². The molecule has 1 N–H and O–H groups in total. The van der Waals surface area contributed by atoms with E-state index < -0.39 is 0 Å². The standard InChI is InChI=1S/C8H14NS/c1-9-8(10)7-5-3-2-4-6-7/h5,7H,2-4,6H2,1H3,(H,9,10)/t7-/m0/s1. The van der Waals surface area contributed by atoms with E-state index in [1.807, 2.05) is 7.05 Å². The first-order valence-corrected chi connectivity index (χ1v) is 4.30. The highest BCUT2D eigenvalue weighted by atomic mass is 32.1. The maximum Gasteiger partial charge on any atom is 0.0785 e. The lowest BCUT2D eigenvalue weighted by Gasteiger charge is -2.21. The van der Waals surface area contributed by atoms with Crippen molar-refractivity contribution < 1.29 is 0 Å². The minimum Gasteiger partial charge on any atom is -0.382 e. The molecule has 1 aliphatic carbocycles. The third-order valence-electron chi connectivity index (χ3n) is 2.00. The van der Waals surface area contributed by atoms with Crippen LogP contribution in [0.25, 0.3) is 0 Å². The van der Waals surface area contributed by atoms with E-state index in [0.717, 1.165) is 4.99 Å². The molecular weight excluding hydrogens is 142 g/mol. The number of thiocarbonyl (C=S) groups is 1. The first kappa shape index (κ1) is 7.99. The molecule has 0 aromatic rings. The van der Waals surface area contributed by atoms with Crippen molar-refractivity contribution in [1.29, 1.82) is 0 Å². The van der Waals surface area contributed by atoms with Gasteiger partial charge in [0.2, 0.25) is 0 Å². The average Bonchev–Trinajstić information content (AvgIpc) is 2.05. The molecule has 1 radical (unpaired) electrons. The third kappa shape index (κ3) is 1.94. The average molecular weight is 156 g/mol. The van der Waals surface area contributed by atoms with Gasteiger partial charge in [-0.05, 0) is 19.3 Å². The van der Waals surface area contributed by atoms with Gasteiger partial charge in [-0.25, -0.2) is 0 Å². The minimum atomic E-state index is 0.564. The molecular formula is C8H14NS. The summed E-state index contributed by atoms with van der Waals surface area (Å²) in [7, 11) is 1.91. The molecule has 1 rings (SSSR count).